The van der Waals surface area contributed by atoms with Gasteiger partial charge in [0.05, 0.1) is 6.42 Å². The van der Waals surface area contributed by atoms with Crippen molar-refractivity contribution in [1.82, 2.24) is 10.2 Å². The number of rotatable bonds is 5. The lowest BCUT2D eigenvalue weighted by Crippen LogP contribution is -2.51. The fourth-order valence-electron chi connectivity index (χ4n) is 2.84. The molecule has 5 heteroatoms. The van der Waals surface area contributed by atoms with E-state index in [1.165, 1.54) is 0 Å². The molecule has 110 valence electrons. The number of nitrogens with one attached hydrogen (secondary N) is 1. The average molecular weight is 270 g/mol. The highest BCUT2D eigenvalue weighted by atomic mass is 16.4. The summed E-state index contributed by atoms with van der Waals surface area (Å²) in [6, 6.07) is -0.241. The van der Waals surface area contributed by atoms with Gasteiger partial charge >= 0.3 is 12.0 Å². The van der Waals surface area contributed by atoms with Crippen LogP contribution in [0, 0.1) is 5.41 Å². The number of hydrogen-bond donors (Lipinski definition) is 2. The van der Waals surface area contributed by atoms with Crippen LogP contribution in [0.3, 0.4) is 0 Å². The summed E-state index contributed by atoms with van der Waals surface area (Å²) in [5.74, 6) is -0.875. The van der Waals surface area contributed by atoms with E-state index in [0.29, 0.717) is 6.54 Å². The predicted octanol–water partition coefficient (Wildman–Crippen LogP) is 2.46. The Morgan fingerprint density at radius 2 is 2.11 bits per heavy atom. The predicted molar refractivity (Wildman–Crippen MR) is 74.0 cm³/mol. The van der Waals surface area contributed by atoms with Crippen LogP contribution in [0.1, 0.15) is 53.4 Å². The topological polar surface area (TPSA) is 69.6 Å². The third kappa shape index (κ3) is 4.11. The average Bonchev–Trinajstić information content (AvgIpc) is 2.58. The van der Waals surface area contributed by atoms with E-state index in [1.54, 1.807) is 11.8 Å². The first kappa shape index (κ1) is 15.8. The van der Waals surface area contributed by atoms with Gasteiger partial charge in [0, 0.05) is 18.6 Å². The SMILES string of the molecule is CCN(C(=O)NC1CCCC1(C)C)C(C)CC(=O)O. The van der Waals surface area contributed by atoms with Crippen molar-refractivity contribution < 1.29 is 14.7 Å². The summed E-state index contributed by atoms with van der Waals surface area (Å²) in [4.78, 5) is 24.6. The fourth-order valence-corrected chi connectivity index (χ4v) is 2.84. The second-order valence-electron chi connectivity index (χ2n) is 6.12. The Labute approximate surface area is 115 Å². The van der Waals surface area contributed by atoms with Crippen LogP contribution in [0.2, 0.25) is 0 Å². The van der Waals surface area contributed by atoms with Gasteiger partial charge in [-0.05, 0) is 32.1 Å². The van der Waals surface area contributed by atoms with Crippen LogP contribution in [0.25, 0.3) is 0 Å². The summed E-state index contributed by atoms with van der Waals surface area (Å²) >= 11 is 0. The van der Waals surface area contributed by atoms with Crippen LogP contribution in [0.4, 0.5) is 4.79 Å². The lowest BCUT2D eigenvalue weighted by atomic mass is 9.87. The normalized spacial score (nSPS) is 22.8. The molecular formula is C14H26N2O3. The van der Waals surface area contributed by atoms with Crippen LogP contribution in [0.15, 0.2) is 0 Å². The quantitative estimate of drug-likeness (QED) is 0.806. The summed E-state index contributed by atoms with van der Waals surface area (Å²) in [6.07, 6.45) is 3.24. The van der Waals surface area contributed by atoms with Gasteiger partial charge in [-0.1, -0.05) is 20.3 Å². The molecule has 5 nitrogen and oxygen atoms in total. The number of aliphatic carboxylic acids is 1. The van der Waals surface area contributed by atoms with Crippen molar-refractivity contribution >= 4 is 12.0 Å². The Balaban J connectivity index is 2.61. The summed E-state index contributed by atoms with van der Waals surface area (Å²) in [5.41, 5.74) is 0.130. The maximum absolute atomic E-state index is 12.3. The zero-order valence-electron chi connectivity index (χ0n) is 12.4. The minimum Gasteiger partial charge on any atom is -0.481 e. The van der Waals surface area contributed by atoms with Crippen LogP contribution >= 0.6 is 0 Å². The Morgan fingerprint density at radius 3 is 2.53 bits per heavy atom. The van der Waals surface area contributed by atoms with Gasteiger partial charge in [-0.25, -0.2) is 4.79 Å². The van der Waals surface area contributed by atoms with E-state index in [9.17, 15) is 9.59 Å². The van der Waals surface area contributed by atoms with Gasteiger partial charge in [-0.2, -0.15) is 0 Å². The number of carboxylic acid groups (broad SMARTS) is 1. The van der Waals surface area contributed by atoms with Crippen molar-refractivity contribution in [3.8, 4) is 0 Å². The summed E-state index contributed by atoms with van der Waals surface area (Å²) < 4.78 is 0. The van der Waals surface area contributed by atoms with E-state index in [1.807, 2.05) is 6.92 Å². The van der Waals surface area contributed by atoms with Gasteiger partial charge < -0.3 is 15.3 Å². The van der Waals surface area contributed by atoms with Crippen molar-refractivity contribution in [2.45, 2.75) is 65.5 Å². The minimum absolute atomic E-state index is 0.0185. The third-order valence-corrected chi connectivity index (χ3v) is 4.16. The first-order valence-corrected chi connectivity index (χ1v) is 7.07. The molecule has 0 radical (unpaired) electrons. The first-order valence-electron chi connectivity index (χ1n) is 7.07. The molecule has 2 N–H and O–H groups in total. The number of hydrogen-bond acceptors (Lipinski definition) is 2. The maximum Gasteiger partial charge on any atom is 0.317 e. The van der Waals surface area contributed by atoms with Gasteiger partial charge in [0.1, 0.15) is 0 Å². The van der Waals surface area contributed by atoms with Crippen molar-refractivity contribution in [2.24, 2.45) is 5.41 Å². The molecule has 0 aromatic carbocycles. The number of urea groups is 1. The Hall–Kier alpha value is -1.26. The van der Waals surface area contributed by atoms with E-state index < -0.39 is 5.97 Å². The Morgan fingerprint density at radius 1 is 1.47 bits per heavy atom. The molecule has 1 rings (SSSR count). The van der Waals surface area contributed by atoms with Gasteiger partial charge in [-0.15, -0.1) is 0 Å². The lowest BCUT2D eigenvalue weighted by Gasteiger charge is -2.33. The molecule has 0 heterocycles. The molecule has 1 saturated carbocycles. The Kier molecular flexibility index (Phi) is 5.20. The third-order valence-electron chi connectivity index (χ3n) is 4.16. The standard InChI is InChI=1S/C14H26N2O3/c1-5-16(10(2)9-12(17)18)13(19)15-11-7-6-8-14(11,3)4/h10-11H,5-9H2,1-4H3,(H,15,19)(H,17,18). The molecular weight excluding hydrogens is 244 g/mol. The van der Waals surface area contributed by atoms with E-state index in [0.717, 1.165) is 19.3 Å². The van der Waals surface area contributed by atoms with Crippen molar-refractivity contribution in [3.05, 3.63) is 0 Å². The summed E-state index contributed by atoms with van der Waals surface area (Å²) in [7, 11) is 0. The summed E-state index contributed by atoms with van der Waals surface area (Å²) in [5, 5.41) is 11.9. The number of carboxylic acids is 1. The van der Waals surface area contributed by atoms with Crippen molar-refractivity contribution in [1.29, 1.82) is 0 Å². The molecule has 2 unspecified atom stereocenters. The highest BCUT2D eigenvalue weighted by Gasteiger charge is 2.36. The molecule has 19 heavy (non-hydrogen) atoms. The van der Waals surface area contributed by atoms with E-state index in [-0.39, 0.29) is 30.0 Å². The molecule has 1 aliphatic rings. The number of nitrogens with zero attached hydrogens (tertiary/aromatic N) is 1. The monoisotopic (exact) mass is 270 g/mol. The molecule has 0 aromatic heterocycles. The lowest BCUT2D eigenvalue weighted by molar-refractivity contribution is -0.138. The smallest absolute Gasteiger partial charge is 0.317 e. The van der Waals surface area contributed by atoms with Crippen LogP contribution < -0.4 is 5.32 Å². The van der Waals surface area contributed by atoms with Crippen LogP contribution in [-0.2, 0) is 4.79 Å². The maximum atomic E-state index is 12.3. The molecule has 1 aliphatic carbocycles. The molecule has 0 bridgehead atoms. The van der Waals surface area contributed by atoms with E-state index >= 15 is 0 Å². The molecule has 0 saturated heterocycles. The van der Waals surface area contributed by atoms with E-state index in [4.69, 9.17) is 5.11 Å². The van der Waals surface area contributed by atoms with Gasteiger partial charge in [0.2, 0.25) is 0 Å². The first-order chi connectivity index (χ1) is 8.77. The highest BCUT2D eigenvalue weighted by Crippen LogP contribution is 2.37. The number of amides is 2. The van der Waals surface area contributed by atoms with Crippen molar-refractivity contribution in [3.63, 3.8) is 0 Å². The fraction of sp³-hybridized carbons (Fsp3) is 0.857. The van der Waals surface area contributed by atoms with Crippen LogP contribution in [-0.4, -0.2) is 40.6 Å². The zero-order valence-corrected chi connectivity index (χ0v) is 12.4. The molecule has 0 spiro atoms. The van der Waals surface area contributed by atoms with E-state index in [2.05, 4.69) is 19.2 Å². The largest absolute Gasteiger partial charge is 0.481 e. The number of carbonyl (C=O) groups is 2. The molecule has 2 atom stereocenters. The zero-order chi connectivity index (χ0) is 14.6. The second-order valence-corrected chi connectivity index (χ2v) is 6.12. The molecule has 0 aromatic rings. The molecule has 1 fully saturated rings. The second kappa shape index (κ2) is 6.26. The molecule has 0 aliphatic heterocycles. The summed E-state index contributed by atoms with van der Waals surface area (Å²) in [6.45, 7) is 8.51. The highest BCUT2D eigenvalue weighted by molar-refractivity contribution is 5.76. The van der Waals surface area contributed by atoms with Gasteiger partial charge in [0.25, 0.3) is 0 Å². The Bertz CT molecular complexity index is 342. The van der Waals surface area contributed by atoms with Gasteiger partial charge in [-0.3, -0.25) is 4.79 Å². The minimum atomic E-state index is -0.875. The van der Waals surface area contributed by atoms with Crippen molar-refractivity contribution in [2.75, 3.05) is 6.54 Å². The number of carbonyl (C=O) groups excluding carboxylic acids is 1. The van der Waals surface area contributed by atoms with Gasteiger partial charge in [0.15, 0.2) is 0 Å². The van der Waals surface area contributed by atoms with Crippen LogP contribution in [0.5, 0.6) is 0 Å². The molecule has 2 amide bonds.